The van der Waals surface area contributed by atoms with Gasteiger partial charge >= 0.3 is 0 Å². The summed E-state index contributed by atoms with van der Waals surface area (Å²) in [5.41, 5.74) is 1.49. The summed E-state index contributed by atoms with van der Waals surface area (Å²) in [5, 5.41) is 9.94. The van der Waals surface area contributed by atoms with Crippen molar-refractivity contribution >= 4 is 28.4 Å². The van der Waals surface area contributed by atoms with E-state index in [1.54, 1.807) is 12.1 Å². The van der Waals surface area contributed by atoms with Gasteiger partial charge in [-0.1, -0.05) is 49.9 Å². The number of benzene rings is 1. The molecule has 0 spiro atoms. The van der Waals surface area contributed by atoms with Crippen LogP contribution >= 0.6 is 11.8 Å². The number of allylic oxidation sites excluding steroid dienone is 2. The third-order valence-electron chi connectivity index (χ3n) is 4.09. The Morgan fingerprint density at radius 3 is 2.21 bits per heavy atom. The number of Topliss-reactive ketones (excluding diaryl/α,β-unsaturated/α-hetero) is 2. The minimum absolute atomic E-state index is 0.0146. The quantitative estimate of drug-likeness (QED) is 0.491. The summed E-state index contributed by atoms with van der Waals surface area (Å²) in [4.78, 5) is 36.4. The van der Waals surface area contributed by atoms with E-state index >= 15 is 0 Å². The Bertz CT molecular complexity index is 653. The van der Waals surface area contributed by atoms with Gasteiger partial charge in [-0.2, -0.15) is 0 Å². The van der Waals surface area contributed by atoms with E-state index in [4.69, 9.17) is 0 Å². The molecule has 0 unspecified atom stereocenters. The van der Waals surface area contributed by atoms with E-state index in [-0.39, 0.29) is 46.8 Å². The average molecular weight is 346 g/mol. The van der Waals surface area contributed by atoms with E-state index in [2.05, 4.69) is 0 Å². The fourth-order valence-corrected chi connectivity index (χ4v) is 3.47. The molecule has 1 saturated carbocycles. The van der Waals surface area contributed by atoms with Gasteiger partial charge in [0.15, 0.2) is 11.6 Å². The van der Waals surface area contributed by atoms with E-state index in [0.717, 1.165) is 11.3 Å². The standard InChI is InChI=1S/C19H22O4S/c1-3-5-15(20)18-16(21)10-14(11-17(18)22)12-6-8-13(9-7-12)19(23)24-4-2/h6-9,14,20H,3-5,10-11H2,1-2H3. The third kappa shape index (κ3) is 4.15. The number of carbonyl (C=O) groups is 3. The van der Waals surface area contributed by atoms with Crippen LogP contribution in [-0.4, -0.2) is 27.5 Å². The number of rotatable bonds is 5. The van der Waals surface area contributed by atoms with Crippen molar-refractivity contribution in [3.8, 4) is 0 Å². The van der Waals surface area contributed by atoms with E-state index in [0.29, 0.717) is 18.4 Å². The van der Waals surface area contributed by atoms with Gasteiger partial charge in [0, 0.05) is 24.8 Å². The van der Waals surface area contributed by atoms with Crippen molar-refractivity contribution < 1.29 is 19.5 Å². The zero-order chi connectivity index (χ0) is 17.7. The highest BCUT2D eigenvalue weighted by molar-refractivity contribution is 8.14. The molecule has 0 saturated heterocycles. The predicted molar refractivity (Wildman–Crippen MR) is 95.5 cm³/mol. The summed E-state index contributed by atoms with van der Waals surface area (Å²) in [5.74, 6) is -0.120. The zero-order valence-corrected chi connectivity index (χ0v) is 14.8. The molecule has 2 rings (SSSR count). The summed E-state index contributed by atoms with van der Waals surface area (Å²) in [6.07, 6.45) is 1.46. The maximum absolute atomic E-state index is 12.3. The van der Waals surface area contributed by atoms with E-state index < -0.39 is 0 Å². The van der Waals surface area contributed by atoms with Gasteiger partial charge in [-0.25, -0.2) is 0 Å². The Morgan fingerprint density at radius 2 is 1.71 bits per heavy atom. The van der Waals surface area contributed by atoms with Crippen LogP contribution in [0.2, 0.25) is 0 Å². The molecule has 0 aliphatic heterocycles. The third-order valence-corrected chi connectivity index (χ3v) is 4.88. The molecular weight excluding hydrogens is 324 g/mol. The van der Waals surface area contributed by atoms with Crippen LogP contribution in [0.4, 0.5) is 0 Å². The van der Waals surface area contributed by atoms with Crippen molar-refractivity contribution in [2.24, 2.45) is 0 Å². The van der Waals surface area contributed by atoms with Crippen molar-refractivity contribution in [3.05, 3.63) is 46.7 Å². The molecule has 1 fully saturated rings. The lowest BCUT2D eigenvalue weighted by Gasteiger charge is -2.23. The molecule has 5 heteroatoms. The minimum atomic E-state index is -0.288. The van der Waals surface area contributed by atoms with Crippen LogP contribution in [0, 0.1) is 0 Å². The first-order valence-electron chi connectivity index (χ1n) is 8.23. The summed E-state index contributed by atoms with van der Waals surface area (Å²) in [7, 11) is 0. The van der Waals surface area contributed by atoms with Crippen LogP contribution in [0.15, 0.2) is 35.6 Å². The Balaban J connectivity index is 2.15. The maximum atomic E-state index is 12.3. The molecule has 0 aromatic heterocycles. The van der Waals surface area contributed by atoms with Crippen LogP contribution in [0.5, 0.6) is 0 Å². The molecule has 4 nitrogen and oxygen atoms in total. The van der Waals surface area contributed by atoms with Gasteiger partial charge in [0.2, 0.25) is 5.12 Å². The van der Waals surface area contributed by atoms with E-state index in [1.165, 1.54) is 11.8 Å². The van der Waals surface area contributed by atoms with Crippen LogP contribution < -0.4 is 0 Å². The Morgan fingerprint density at radius 1 is 1.12 bits per heavy atom. The average Bonchev–Trinajstić information content (AvgIpc) is 2.55. The maximum Gasteiger partial charge on any atom is 0.219 e. The van der Waals surface area contributed by atoms with Crippen LogP contribution in [0.1, 0.15) is 61.4 Å². The normalized spacial score (nSPS) is 17.9. The lowest BCUT2D eigenvalue weighted by Crippen LogP contribution is -2.26. The van der Waals surface area contributed by atoms with Crippen molar-refractivity contribution in [3.63, 3.8) is 0 Å². The summed E-state index contributed by atoms with van der Waals surface area (Å²) in [6, 6.07) is 7.12. The molecule has 0 heterocycles. The second-order valence-corrected chi connectivity index (χ2v) is 7.10. The van der Waals surface area contributed by atoms with Crippen molar-refractivity contribution in [2.45, 2.75) is 45.4 Å². The highest BCUT2D eigenvalue weighted by atomic mass is 32.2. The zero-order valence-electron chi connectivity index (χ0n) is 14.0. The number of hydrogen-bond acceptors (Lipinski definition) is 5. The van der Waals surface area contributed by atoms with Crippen LogP contribution in [0.25, 0.3) is 0 Å². The molecule has 1 N–H and O–H groups in total. The van der Waals surface area contributed by atoms with E-state index in [9.17, 15) is 19.5 Å². The lowest BCUT2D eigenvalue weighted by atomic mass is 9.79. The molecular formula is C19H22O4S. The first kappa shape index (κ1) is 18.5. The van der Waals surface area contributed by atoms with Gasteiger partial charge in [-0.05, 0) is 23.7 Å². The minimum Gasteiger partial charge on any atom is -0.511 e. The van der Waals surface area contributed by atoms with Gasteiger partial charge < -0.3 is 5.11 Å². The Kier molecular flexibility index (Phi) is 6.37. The molecule has 1 aliphatic carbocycles. The molecule has 24 heavy (non-hydrogen) atoms. The molecule has 0 bridgehead atoms. The fourth-order valence-electron chi connectivity index (χ4n) is 2.90. The molecule has 1 aliphatic rings. The van der Waals surface area contributed by atoms with Crippen molar-refractivity contribution in [1.82, 2.24) is 0 Å². The van der Waals surface area contributed by atoms with Gasteiger partial charge in [0.05, 0.1) is 5.57 Å². The molecule has 128 valence electrons. The molecule has 1 aromatic carbocycles. The number of aliphatic hydroxyl groups excluding tert-OH is 1. The monoisotopic (exact) mass is 346 g/mol. The van der Waals surface area contributed by atoms with Crippen molar-refractivity contribution in [1.29, 1.82) is 0 Å². The first-order valence-corrected chi connectivity index (χ1v) is 9.22. The summed E-state index contributed by atoms with van der Waals surface area (Å²) >= 11 is 1.25. The molecule has 1 aromatic rings. The number of thioether (sulfide) groups is 1. The van der Waals surface area contributed by atoms with Crippen LogP contribution in [-0.2, 0) is 9.59 Å². The number of hydrogen-bond donors (Lipinski definition) is 1. The Labute approximate surface area is 146 Å². The Hall–Kier alpha value is -1.88. The predicted octanol–water partition coefficient (Wildman–Crippen LogP) is 4.21. The largest absolute Gasteiger partial charge is 0.511 e. The number of ketones is 2. The summed E-state index contributed by atoms with van der Waals surface area (Å²) in [6.45, 7) is 3.81. The van der Waals surface area contributed by atoms with Crippen molar-refractivity contribution in [2.75, 3.05) is 5.75 Å². The highest BCUT2D eigenvalue weighted by Gasteiger charge is 2.33. The van der Waals surface area contributed by atoms with Gasteiger partial charge in [-0.15, -0.1) is 0 Å². The van der Waals surface area contributed by atoms with E-state index in [1.807, 2.05) is 26.0 Å². The molecule has 0 radical (unpaired) electrons. The second-order valence-electron chi connectivity index (χ2n) is 5.87. The lowest BCUT2D eigenvalue weighted by molar-refractivity contribution is -0.124. The number of aliphatic hydroxyl groups is 1. The molecule has 0 amide bonds. The highest BCUT2D eigenvalue weighted by Crippen LogP contribution is 2.33. The first-order chi connectivity index (χ1) is 11.5. The molecule has 0 atom stereocenters. The topological polar surface area (TPSA) is 71.4 Å². The SMILES string of the molecule is CCCC(O)=C1C(=O)CC(c2ccc(C(=O)SCC)cc2)CC1=O. The van der Waals surface area contributed by atoms with Gasteiger partial charge in [0.1, 0.15) is 5.76 Å². The summed E-state index contributed by atoms with van der Waals surface area (Å²) < 4.78 is 0. The second kappa shape index (κ2) is 8.29. The smallest absolute Gasteiger partial charge is 0.219 e. The van der Waals surface area contributed by atoms with Gasteiger partial charge in [0.25, 0.3) is 0 Å². The van der Waals surface area contributed by atoms with Crippen LogP contribution in [0.3, 0.4) is 0 Å². The number of carbonyl (C=O) groups excluding carboxylic acids is 3. The van der Waals surface area contributed by atoms with Gasteiger partial charge in [-0.3, -0.25) is 14.4 Å². The fraction of sp³-hybridized carbons (Fsp3) is 0.421.